The molecule has 0 bridgehead atoms. The van der Waals surface area contributed by atoms with Gasteiger partial charge in [-0.15, -0.1) is 0 Å². The second-order valence-corrected chi connectivity index (χ2v) is 7.11. The summed E-state index contributed by atoms with van der Waals surface area (Å²) in [7, 11) is 1.53. The average Bonchev–Trinajstić information content (AvgIpc) is 2.81. The summed E-state index contributed by atoms with van der Waals surface area (Å²) in [6, 6.07) is 21.6. The Morgan fingerprint density at radius 1 is 1.03 bits per heavy atom. The van der Waals surface area contributed by atoms with Gasteiger partial charge in [-0.3, -0.25) is 0 Å². The number of allylic oxidation sites excluding steroid dienone is 1. The van der Waals surface area contributed by atoms with Gasteiger partial charge in [0.15, 0.2) is 11.5 Å². The minimum absolute atomic E-state index is 0.0111. The van der Waals surface area contributed by atoms with Gasteiger partial charge in [0.05, 0.1) is 24.7 Å². The van der Waals surface area contributed by atoms with Crippen molar-refractivity contribution in [2.75, 3.05) is 7.11 Å². The summed E-state index contributed by atoms with van der Waals surface area (Å²) in [5.74, 6) is 0.889. The number of hydrogen-bond acceptors (Lipinski definition) is 7. The maximum Gasteiger partial charge on any atom is 0.205 e. The lowest BCUT2D eigenvalue weighted by Crippen LogP contribution is -2.21. The van der Waals surface area contributed by atoms with E-state index < -0.39 is 5.92 Å². The summed E-state index contributed by atoms with van der Waals surface area (Å²) in [6.45, 7) is 0.203. The Labute approximate surface area is 185 Å². The minimum atomic E-state index is -0.494. The number of benzene rings is 3. The van der Waals surface area contributed by atoms with Gasteiger partial charge in [0.25, 0.3) is 0 Å². The summed E-state index contributed by atoms with van der Waals surface area (Å²) in [5.41, 5.74) is 9.02. The predicted molar refractivity (Wildman–Crippen MR) is 116 cm³/mol. The Balaban J connectivity index is 1.70. The third kappa shape index (κ3) is 3.76. The fourth-order valence-electron chi connectivity index (χ4n) is 3.68. The lowest BCUT2D eigenvalue weighted by Gasteiger charge is -2.27. The van der Waals surface area contributed by atoms with Crippen molar-refractivity contribution in [2.24, 2.45) is 5.73 Å². The molecule has 0 fully saturated rings. The first-order valence-electron chi connectivity index (χ1n) is 9.75. The van der Waals surface area contributed by atoms with Crippen molar-refractivity contribution in [1.29, 1.82) is 10.5 Å². The number of hydrogen-bond donors (Lipinski definition) is 2. The molecule has 3 N–H and O–H groups in total. The molecule has 3 aromatic carbocycles. The fourth-order valence-corrected chi connectivity index (χ4v) is 3.68. The van der Waals surface area contributed by atoms with Crippen LogP contribution in [0.1, 0.15) is 28.2 Å². The maximum atomic E-state index is 9.80. The number of nitrogens with two attached hydrogens (primary N) is 1. The minimum Gasteiger partial charge on any atom is -0.508 e. The highest BCUT2D eigenvalue weighted by atomic mass is 16.5. The molecule has 1 aliphatic rings. The Kier molecular flexibility index (Phi) is 5.57. The van der Waals surface area contributed by atoms with Crippen LogP contribution in [0.4, 0.5) is 0 Å². The molecular weight excluding hydrogens is 406 g/mol. The first-order chi connectivity index (χ1) is 15.5. The highest BCUT2D eigenvalue weighted by Crippen LogP contribution is 2.45. The monoisotopic (exact) mass is 425 g/mol. The van der Waals surface area contributed by atoms with E-state index in [0.717, 1.165) is 11.1 Å². The molecule has 0 radical (unpaired) electrons. The molecule has 0 spiro atoms. The number of fused-ring (bicyclic) bond motifs is 1. The Morgan fingerprint density at radius 3 is 2.59 bits per heavy atom. The van der Waals surface area contributed by atoms with Crippen LogP contribution in [0.2, 0.25) is 0 Å². The van der Waals surface area contributed by atoms with E-state index in [-0.39, 0.29) is 23.8 Å². The van der Waals surface area contributed by atoms with Crippen LogP contribution >= 0.6 is 0 Å². The van der Waals surface area contributed by atoms with Crippen LogP contribution in [-0.2, 0) is 6.61 Å². The molecule has 7 nitrogen and oxygen atoms in total. The molecule has 0 unspecified atom stereocenters. The zero-order valence-electron chi connectivity index (χ0n) is 17.2. The summed E-state index contributed by atoms with van der Waals surface area (Å²) in [6.07, 6.45) is 0. The van der Waals surface area contributed by atoms with Gasteiger partial charge < -0.3 is 25.1 Å². The second-order valence-electron chi connectivity index (χ2n) is 7.11. The lowest BCUT2D eigenvalue weighted by atomic mass is 9.83. The van der Waals surface area contributed by atoms with Gasteiger partial charge >= 0.3 is 0 Å². The van der Waals surface area contributed by atoms with E-state index >= 15 is 0 Å². The van der Waals surface area contributed by atoms with E-state index in [1.165, 1.54) is 19.2 Å². The first kappa shape index (κ1) is 20.6. The van der Waals surface area contributed by atoms with E-state index in [1.807, 2.05) is 18.2 Å². The third-order valence-electron chi connectivity index (χ3n) is 5.24. The Bertz CT molecular complexity index is 1300. The largest absolute Gasteiger partial charge is 0.508 e. The van der Waals surface area contributed by atoms with Gasteiger partial charge in [-0.05, 0) is 29.8 Å². The Hall–Kier alpha value is -4.62. The van der Waals surface area contributed by atoms with Crippen LogP contribution in [0.3, 0.4) is 0 Å². The van der Waals surface area contributed by atoms with Gasteiger partial charge in [0, 0.05) is 17.2 Å². The zero-order valence-corrected chi connectivity index (χ0v) is 17.2. The number of nitrogens with zero attached hydrogens (tertiary/aromatic N) is 2. The van der Waals surface area contributed by atoms with Crippen molar-refractivity contribution >= 4 is 0 Å². The molecule has 0 saturated carbocycles. The van der Waals surface area contributed by atoms with Gasteiger partial charge in [-0.1, -0.05) is 30.3 Å². The molecule has 1 aliphatic heterocycles. The highest BCUT2D eigenvalue weighted by molar-refractivity contribution is 5.59. The molecule has 0 aliphatic carbocycles. The second kappa shape index (κ2) is 8.63. The van der Waals surface area contributed by atoms with Crippen molar-refractivity contribution in [2.45, 2.75) is 12.5 Å². The van der Waals surface area contributed by atoms with E-state index in [1.54, 1.807) is 30.3 Å². The van der Waals surface area contributed by atoms with Crippen molar-refractivity contribution in [3.63, 3.8) is 0 Å². The van der Waals surface area contributed by atoms with E-state index in [0.29, 0.717) is 28.4 Å². The molecule has 1 heterocycles. The lowest BCUT2D eigenvalue weighted by molar-refractivity contribution is 0.284. The van der Waals surface area contributed by atoms with Crippen molar-refractivity contribution in [3.05, 3.63) is 94.4 Å². The van der Waals surface area contributed by atoms with Crippen LogP contribution in [0.5, 0.6) is 23.0 Å². The molecule has 4 rings (SSSR count). The number of phenols is 1. The highest BCUT2D eigenvalue weighted by Gasteiger charge is 2.31. The number of phenolic OH excluding ortho intramolecular Hbond substituents is 1. The summed E-state index contributed by atoms with van der Waals surface area (Å²) in [5, 5.41) is 28.8. The van der Waals surface area contributed by atoms with Crippen LogP contribution in [0.25, 0.3) is 0 Å². The standard InChI is InChI=1S/C25H19N3O4/c1-30-23-10-15(6-9-21(23)31-14-17-5-3-2-4-16(17)12-26)24-19-8-7-18(29)11-22(19)32-25(28)20(24)13-27/h2-11,24,29H,14,28H2,1H3/t24-/m1/s1. The molecule has 0 saturated heterocycles. The summed E-state index contributed by atoms with van der Waals surface area (Å²) in [4.78, 5) is 0. The van der Waals surface area contributed by atoms with E-state index in [9.17, 15) is 15.6 Å². The molecule has 3 aromatic rings. The normalized spacial score (nSPS) is 14.5. The molecule has 1 atom stereocenters. The number of rotatable bonds is 5. The average molecular weight is 425 g/mol. The molecule has 32 heavy (non-hydrogen) atoms. The van der Waals surface area contributed by atoms with Gasteiger partial charge in [-0.2, -0.15) is 10.5 Å². The molecular formula is C25H19N3O4. The van der Waals surface area contributed by atoms with Gasteiger partial charge in [0.1, 0.15) is 29.7 Å². The fraction of sp³-hybridized carbons (Fsp3) is 0.120. The number of aromatic hydroxyl groups is 1. The van der Waals surface area contributed by atoms with Crippen molar-refractivity contribution in [1.82, 2.24) is 0 Å². The van der Waals surface area contributed by atoms with Crippen LogP contribution < -0.4 is 19.9 Å². The van der Waals surface area contributed by atoms with Crippen molar-refractivity contribution < 1.29 is 19.3 Å². The number of ether oxygens (including phenoxy) is 3. The van der Waals surface area contributed by atoms with Crippen LogP contribution in [0, 0.1) is 22.7 Å². The van der Waals surface area contributed by atoms with Crippen molar-refractivity contribution in [3.8, 4) is 35.1 Å². The Morgan fingerprint density at radius 2 is 1.84 bits per heavy atom. The van der Waals surface area contributed by atoms with E-state index in [4.69, 9.17) is 19.9 Å². The van der Waals surface area contributed by atoms with Gasteiger partial charge in [0.2, 0.25) is 5.88 Å². The maximum absolute atomic E-state index is 9.80. The topological polar surface area (TPSA) is 122 Å². The molecule has 0 aromatic heterocycles. The predicted octanol–water partition coefficient (Wildman–Crippen LogP) is 4.07. The third-order valence-corrected chi connectivity index (χ3v) is 5.24. The first-order valence-corrected chi connectivity index (χ1v) is 9.75. The quantitative estimate of drug-likeness (QED) is 0.632. The molecule has 0 amide bonds. The summed E-state index contributed by atoms with van der Waals surface area (Å²) < 4.78 is 17.0. The molecule has 7 heteroatoms. The molecule has 158 valence electrons. The number of methoxy groups -OCH3 is 1. The van der Waals surface area contributed by atoms with Gasteiger partial charge in [-0.25, -0.2) is 0 Å². The SMILES string of the molecule is COc1cc([C@H]2C(C#N)=C(N)Oc3cc(O)ccc32)ccc1OCc1ccccc1C#N. The van der Waals surface area contributed by atoms with E-state index in [2.05, 4.69) is 12.1 Å². The van der Waals surface area contributed by atoms with Crippen LogP contribution in [-0.4, -0.2) is 12.2 Å². The number of nitriles is 2. The summed E-state index contributed by atoms with van der Waals surface area (Å²) >= 11 is 0. The van der Waals surface area contributed by atoms with Crippen LogP contribution in [0.15, 0.2) is 72.1 Å². The zero-order chi connectivity index (χ0) is 22.7. The smallest absolute Gasteiger partial charge is 0.205 e.